The van der Waals surface area contributed by atoms with Crippen molar-refractivity contribution < 1.29 is 19.1 Å². The van der Waals surface area contributed by atoms with E-state index in [1.165, 1.54) is 0 Å². The van der Waals surface area contributed by atoms with Crippen LogP contribution in [-0.2, 0) is 20.8 Å². The highest BCUT2D eigenvalue weighted by molar-refractivity contribution is 6.42. The summed E-state index contributed by atoms with van der Waals surface area (Å²) in [6.07, 6.45) is 2.39. The van der Waals surface area contributed by atoms with Gasteiger partial charge < -0.3 is 20.7 Å². The molecular weight excluding hydrogens is 441 g/mol. The summed E-state index contributed by atoms with van der Waals surface area (Å²) in [6, 6.07) is 11.0. The maximum Gasteiger partial charge on any atom is 0.261 e. The van der Waals surface area contributed by atoms with E-state index >= 15 is 0 Å². The number of hydrogen-bond acceptors (Lipinski definition) is 4. The number of rotatable bonds is 7. The van der Waals surface area contributed by atoms with Gasteiger partial charge in [-0.3, -0.25) is 14.4 Å². The van der Waals surface area contributed by atoms with Gasteiger partial charge in [-0.25, -0.2) is 0 Å². The second kappa shape index (κ2) is 10.5. The maximum absolute atomic E-state index is 12.8. The number of nitrogens with two attached hydrogens (primary N) is 1. The molecule has 0 radical (unpaired) electrons. The van der Waals surface area contributed by atoms with Crippen molar-refractivity contribution in [2.24, 2.45) is 5.73 Å². The Morgan fingerprint density at radius 1 is 1.06 bits per heavy atom. The van der Waals surface area contributed by atoms with Crippen LogP contribution in [0.2, 0.25) is 10.0 Å². The summed E-state index contributed by atoms with van der Waals surface area (Å²) in [5.74, 6) is -0.466. The number of carbonyl (C=O) groups excluding carboxylic acids is 3. The van der Waals surface area contributed by atoms with Gasteiger partial charge in [-0.05, 0) is 55.2 Å². The second-order valence-electron chi connectivity index (χ2n) is 7.29. The molecule has 3 amide bonds. The van der Waals surface area contributed by atoms with E-state index in [1.807, 2.05) is 0 Å². The van der Waals surface area contributed by atoms with E-state index in [1.54, 1.807) is 47.4 Å². The second-order valence-corrected chi connectivity index (χ2v) is 8.11. The number of halogens is 2. The number of nitrogens with one attached hydrogen (secondary N) is 1. The van der Waals surface area contributed by atoms with Crippen LogP contribution in [0, 0.1) is 0 Å². The smallest absolute Gasteiger partial charge is 0.261 e. The number of anilines is 1. The van der Waals surface area contributed by atoms with Gasteiger partial charge in [0.05, 0.1) is 16.5 Å². The highest BCUT2D eigenvalue weighted by Crippen LogP contribution is 2.26. The summed E-state index contributed by atoms with van der Waals surface area (Å²) in [5, 5.41) is 3.54. The van der Waals surface area contributed by atoms with Crippen LogP contribution >= 0.6 is 23.2 Å². The molecule has 7 nitrogen and oxygen atoms in total. The summed E-state index contributed by atoms with van der Waals surface area (Å²) in [7, 11) is 0. The fraction of sp³-hybridized carbons (Fsp3) is 0.318. The van der Waals surface area contributed by atoms with Crippen molar-refractivity contribution in [3.05, 3.63) is 58.1 Å². The van der Waals surface area contributed by atoms with Gasteiger partial charge in [0.2, 0.25) is 11.8 Å². The van der Waals surface area contributed by atoms with E-state index < -0.39 is 11.9 Å². The molecule has 1 aliphatic heterocycles. The topological polar surface area (TPSA) is 102 Å². The molecule has 1 aliphatic rings. The zero-order chi connectivity index (χ0) is 22.4. The zero-order valence-electron chi connectivity index (χ0n) is 16.8. The molecule has 0 saturated carbocycles. The third kappa shape index (κ3) is 6.35. The van der Waals surface area contributed by atoms with Gasteiger partial charge in [-0.15, -0.1) is 0 Å². The molecule has 0 spiro atoms. The molecule has 9 heteroatoms. The predicted molar refractivity (Wildman–Crippen MR) is 119 cm³/mol. The van der Waals surface area contributed by atoms with Crippen LogP contribution in [0.1, 0.15) is 24.8 Å². The van der Waals surface area contributed by atoms with Crippen LogP contribution in [0.4, 0.5) is 5.69 Å². The summed E-state index contributed by atoms with van der Waals surface area (Å²) in [5.41, 5.74) is 6.46. The first-order valence-electron chi connectivity index (χ1n) is 9.89. The lowest BCUT2D eigenvalue weighted by molar-refractivity contribution is -0.142. The Morgan fingerprint density at radius 2 is 1.81 bits per heavy atom. The van der Waals surface area contributed by atoms with Crippen LogP contribution in [0.15, 0.2) is 42.5 Å². The molecule has 1 saturated heterocycles. The average molecular weight is 464 g/mol. The van der Waals surface area contributed by atoms with Crippen molar-refractivity contribution in [2.75, 3.05) is 18.5 Å². The molecular formula is C22H23Cl2N3O4. The molecule has 3 rings (SSSR count). The van der Waals surface area contributed by atoms with E-state index in [0.29, 0.717) is 34.4 Å². The molecule has 0 bridgehead atoms. The lowest BCUT2D eigenvalue weighted by atomic mass is 10.0. The number of likely N-dealkylation sites (tertiary alicyclic amines) is 1. The maximum atomic E-state index is 12.8. The summed E-state index contributed by atoms with van der Waals surface area (Å²) >= 11 is 11.9. The summed E-state index contributed by atoms with van der Waals surface area (Å²) in [4.78, 5) is 38.1. The molecule has 2 aromatic rings. The Labute approximate surface area is 190 Å². The van der Waals surface area contributed by atoms with E-state index in [9.17, 15) is 14.4 Å². The van der Waals surface area contributed by atoms with Crippen LogP contribution in [-0.4, -0.2) is 41.8 Å². The molecule has 0 aromatic heterocycles. The first-order valence-corrected chi connectivity index (χ1v) is 10.6. The van der Waals surface area contributed by atoms with Gasteiger partial charge in [-0.1, -0.05) is 35.3 Å². The minimum absolute atomic E-state index is 0.141. The Kier molecular flexibility index (Phi) is 7.76. The number of amides is 3. The molecule has 3 N–H and O–H groups in total. The van der Waals surface area contributed by atoms with Crippen molar-refractivity contribution in [3.8, 4) is 5.75 Å². The monoisotopic (exact) mass is 463 g/mol. The van der Waals surface area contributed by atoms with Crippen molar-refractivity contribution in [3.63, 3.8) is 0 Å². The molecule has 1 heterocycles. The first-order chi connectivity index (χ1) is 14.8. The fourth-order valence-electron chi connectivity index (χ4n) is 3.43. The number of primary amides is 1. The van der Waals surface area contributed by atoms with Gasteiger partial charge in [0.25, 0.3) is 5.91 Å². The van der Waals surface area contributed by atoms with Gasteiger partial charge >= 0.3 is 0 Å². The quantitative estimate of drug-likeness (QED) is 0.656. The number of nitrogens with zero attached hydrogens (tertiary/aromatic N) is 1. The predicted octanol–water partition coefficient (Wildman–Crippen LogP) is 3.42. The molecule has 2 aromatic carbocycles. The minimum Gasteiger partial charge on any atom is -0.484 e. The van der Waals surface area contributed by atoms with Crippen molar-refractivity contribution in [1.82, 2.24) is 4.90 Å². The number of ether oxygens (including phenoxy) is 1. The highest BCUT2D eigenvalue weighted by atomic mass is 35.5. The Hall–Kier alpha value is -2.77. The average Bonchev–Trinajstić information content (AvgIpc) is 2.75. The molecule has 164 valence electrons. The minimum atomic E-state index is -0.586. The summed E-state index contributed by atoms with van der Waals surface area (Å²) < 4.78 is 5.59. The van der Waals surface area contributed by atoms with Gasteiger partial charge in [0.15, 0.2) is 6.61 Å². The lowest BCUT2D eigenvalue weighted by Crippen LogP contribution is -2.51. The van der Waals surface area contributed by atoms with Crippen LogP contribution < -0.4 is 15.8 Å². The number of piperidine rings is 1. The molecule has 1 atom stereocenters. The third-order valence-electron chi connectivity index (χ3n) is 4.98. The Bertz CT molecular complexity index is 966. The number of benzene rings is 2. The van der Waals surface area contributed by atoms with Crippen LogP contribution in [0.25, 0.3) is 0 Å². The largest absolute Gasteiger partial charge is 0.484 e. The van der Waals surface area contributed by atoms with Gasteiger partial charge in [0.1, 0.15) is 11.8 Å². The molecule has 1 fully saturated rings. The molecule has 31 heavy (non-hydrogen) atoms. The van der Waals surface area contributed by atoms with E-state index in [2.05, 4.69) is 5.32 Å². The van der Waals surface area contributed by atoms with Crippen molar-refractivity contribution in [2.45, 2.75) is 31.7 Å². The van der Waals surface area contributed by atoms with E-state index in [0.717, 1.165) is 18.4 Å². The van der Waals surface area contributed by atoms with Crippen LogP contribution in [0.3, 0.4) is 0 Å². The highest BCUT2D eigenvalue weighted by Gasteiger charge is 2.32. The Morgan fingerprint density at radius 3 is 2.48 bits per heavy atom. The molecule has 0 aliphatic carbocycles. The van der Waals surface area contributed by atoms with Gasteiger partial charge in [0, 0.05) is 12.2 Å². The third-order valence-corrected chi connectivity index (χ3v) is 5.72. The number of hydrogen-bond donors (Lipinski definition) is 2. The number of carbonyl (C=O) groups is 3. The summed E-state index contributed by atoms with van der Waals surface area (Å²) in [6.45, 7) is 0.297. The zero-order valence-corrected chi connectivity index (χ0v) is 18.3. The van der Waals surface area contributed by atoms with E-state index in [-0.39, 0.29) is 24.8 Å². The lowest BCUT2D eigenvalue weighted by Gasteiger charge is -2.34. The Balaban J connectivity index is 1.59. The normalized spacial score (nSPS) is 15.9. The molecule has 1 unspecified atom stereocenters. The van der Waals surface area contributed by atoms with Gasteiger partial charge in [-0.2, -0.15) is 0 Å². The van der Waals surface area contributed by atoms with E-state index in [4.69, 9.17) is 33.7 Å². The van der Waals surface area contributed by atoms with Crippen LogP contribution in [0.5, 0.6) is 5.75 Å². The first kappa shape index (κ1) is 22.9. The fourth-order valence-corrected chi connectivity index (χ4v) is 3.73. The standard InChI is InChI=1S/C22H23Cl2N3O4/c23-17-9-6-15(12-18(17)24)26-22(30)19-3-1-2-10-27(19)21(29)13-31-16-7-4-14(5-8-16)11-20(25)28/h4-9,12,19H,1-3,10-11,13H2,(H2,25,28)(H,26,30). The SMILES string of the molecule is NC(=O)Cc1ccc(OCC(=O)N2CCCCC2C(=O)Nc2ccc(Cl)c(Cl)c2)cc1. The van der Waals surface area contributed by atoms with Crippen molar-refractivity contribution >= 4 is 46.6 Å². The van der Waals surface area contributed by atoms with Crippen molar-refractivity contribution in [1.29, 1.82) is 0 Å².